The van der Waals surface area contributed by atoms with Gasteiger partial charge in [0.15, 0.2) is 10.8 Å². The molecule has 5 rings (SSSR count). The smallest absolute Gasteiger partial charge is 0.236 e. The van der Waals surface area contributed by atoms with Gasteiger partial charge < -0.3 is 15.4 Å². The van der Waals surface area contributed by atoms with Crippen molar-refractivity contribution >= 4 is 57.8 Å². The number of ether oxygens (including phenoxy) is 1. The Morgan fingerprint density at radius 1 is 1.03 bits per heavy atom. The number of fused-ring (bicyclic) bond motifs is 4. The fourth-order valence-corrected chi connectivity index (χ4v) is 5.13. The first-order valence-electron chi connectivity index (χ1n) is 10.1. The first-order valence-corrected chi connectivity index (χ1v) is 11.2. The Labute approximate surface area is 201 Å². The summed E-state index contributed by atoms with van der Waals surface area (Å²) in [6.45, 7) is 1.89. The molecule has 32 heavy (non-hydrogen) atoms. The molecule has 0 radical (unpaired) electrons. The van der Waals surface area contributed by atoms with Crippen LogP contribution in [0.5, 0.6) is 5.75 Å². The van der Waals surface area contributed by atoms with Crippen LogP contribution in [0.25, 0.3) is 0 Å². The molecular formula is C24H19Cl2N3O2S. The third-order valence-corrected chi connectivity index (χ3v) is 6.69. The second-order valence-corrected chi connectivity index (χ2v) is 9.17. The van der Waals surface area contributed by atoms with E-state index in [0.717, 1.165) is 11.3 Å². The number of anilines is 2. The topological polar surface area (TPSA) is 53.6 Å². The van der Waals surface area contributed by atoms with Crippen molar-refractivity contribution in [3.63, 3.8) is 0 Å². The summed E-state index contributed by atoms with van der Waals surface area (Å²) < 4.78 is 6.53. The number of nitrogens with zero attached hydrogens (tertiary/aromatic N) is 1. The van der Waals surface area contributed by atoms with E-state index in [1.54, 1.807) is 36.4 Å². The molecule has 3 aromatic rings. The van der Waals surface area contributed by atoms with Crippen molar-refractivity contribution in [1.82, 2.24) is 5.32 Å². The second kappa shape index (κ2) is 7.96. The molecule has 3 unspecified atom stereocenters. The molecule has 2 aliphatic heterocycles. The molecule has 162 valence electrons. The highest BCUT2D eigenvalue weighted by Gasteiger charge is 2.59. The van der Waals surface area contributed by atoms with E-state index in [4.69, 9.17) is 40.2 Å². The Hall–Kier alpha value is -2.80. The number of hydrogen-bond acceptors (Lipinski definition) is 3. The highest BCUT2D eigenvalue weighted by Crippen LogP contribution is 2.49. The second-order valence-electron chi connectivity index (χ2n) is 7.91. The minimum atomic E-state index is -1.08. The summed E-state index contributed by atoms with van der Waals surface area (Å²) in [4.78, 5) is 15.5. The number of carbonyl (C=O) groups is 1. The summed E-state index contributed by atoms with van der Waals surface area (Å²) in [7, 11) is 0. The zero-order valence-electron chi connectivity index (χ0n) is 17.0. The van der Waals surface area contributed by atoms with Gasteiger partial charge in [-0.25, -0.2) is 0 Å². The average Bonchev–Trinajstić information content (AvgIpc) is 2.76. The molecule has 2 aliphatic rings. The van der Waals surface area contributed by atoms with Crippen molar-refractivity contribution in [3.8, 4) is 5.75 Å². The Kier molecular flexibility index (Phi) is 5.24. The maximum atomic E-state index is 13.7. The molecule has 3 aromatic carbocycles. The van der Waals surface area contributed by atoms with Gasteiger partial charge >= 0.3 is 0 Å². The van der Waals surface area contributed by atoms with Crippen LogP contribution in [0.1, 0.15) is 18.5 Å². The fraction of sp³-hybridized carbons (Fsp3) is 0.167. The lowest BCUT2D eigenvalue weighted by molar-refractivity contribution is -0.130. The van der Waals surface area contributed by atoms with Crippen LogP contribution in [0.15, 0.2) is 72.8 Å². The van der Waals surface area contributed by atoms with Crippen LogP contribution < -0.4 is 20.3 Å². The third kappa shape index (κ3) is 3.48. The summed E-state index contributed by atoms with van der Waals surface area (Å²) >= 11 is 17.8. The molecule has 2 bridgehead atoms. The van der Waals surface area contributed by atoms with E-state index < -0.39 is 11.6 Å². The number of carbonyl (C=O) groups excluding carboxylic acids is 1. The largest absolute Gasteiger partial charge is 0.467 e. The first kappa shape index (κ1) is 21.1. The van der Waals surface area contributed by atoms with Crippen LogP contribution in [0.3, 0.4) is 0 Å². The minimum Gasteiger partial charge on any atom is -0.467 e. The Bertz CT molecular complexity index is 1200. The van der Waals surface area contributed by atoms with E-state index in [1.165, 1.54) is 0 Å². The van der Waals surface area contributed by atoms with Crippen molar-refractivity contribution in [3.05, 3.63) is 88.4 Å². The molecule has 5 nitrogen and oxygen atoms in total. The monoisotopic (exact) mass is 483 g/mol. The van der Waals surface area contributed by atoms with Crippen molar-refractivity contribution in [2.24, 2.45) is 5.92 Å². The van der Waals surface area contributed by atoms with Gasteiger partial charge in [0.1, 0.15) is 11.7 Å². The quantitative estimate of drug-likeness (QED) is 0.461. The molecule has 8 heteroatoms. The molecular weight excluding hydrogens is 465 g/mol. The van der Waals surface area contributed by atoms with E-state index in [1.807, 2.05) is 48.2 Å². The van der Waals surface area contributed by atoms with Crippen LogP contribution in [0.2, 0.25) is 10.0 Å². The number of benzene rings is 3. The molecule has 1 fully saturated rings. The van der Waals surface area contributed by atoms with Crippen LogP contribution in [-0.2, 0) is 4.79 Å². The number of nitrogens with one attached hydrogen (secondary N) is 2. The van der Waals surface area contributed by atoms with Crippen molar-refractivity contribution in [2.45, 2.75) is 18.7 Å². The lowest BCUT2D eigenvalue weighted by Crippen LogP contribution is -2.72. The van der Waals surface area contributed by atoms with Gasteiger partial charge in [-0.15, -0.1) is 0 Å². The first-order chi connectivity index (χ1) is 15.4. The third-order valence-electron chi connectivity index (χ3n) is 5.89. The van der Waals surface area contributed by atoms with Crippen molar-refractivity contribution in [2.75, 3.05) is 10.2 Å². The number of halogens is 2. The molecule has 0 aromatic heterocycles. The van der Waals surface area contributed by atoms with E-state index >= 15 is 0 Å². The zero-order chi connectivity index (χ0) is 22.5. The van der Waals surface area contributed by atoms with Crippen molar-refractivity contribution in [1.29, 1.82) is 0 Å². The Balaban J connectivity index is 1.60. The zero-order valence-corrected chi connectivity index (χ0v) is 19.3. The highest BCUT2D eigenvalue weighted by atomic mass is 35.5. The summed E-state index contributed by atoms with van der Waals surface area (Å²) in [6.07, 6.45) is 0. The van der Waals surface area contributed by atoms with Gasteiger partial charge in [-0.2, -0.15) is 0 Å². The molecule has 0 aliphatic carbocycles. The van der Waals surface area contributed by atoms with Gasteiger partial charge in [-0.3, -0.25) is 9.69 Å². The van der Waals surface area contributed by atoms with Gasteiger partial charge in [0.25, 0.3) is 0 Å². The Morgan fingerprint density at radius 2 is 1.66 bits per heavy atom. The van der Waals surface area contributed by atoms with E-state index in [2.05, 4.69) is 10.6 Å². The number of para-hydroxylation sites is 1. The highest BCUT2D eigenvalue weighted by molar-refractivity contribution is 7.80. The van der Waals surface area contributed by atoms with E-state index in [0.29, 0.717) is 26.6 Å². The summed E-state index contributed by atoms with van der Waals surface area (Å²) in [5.74, 6) is -0.0942. The maximum Gasteiger partial charge on any atom is 0.236 e. The van der Waals surface area contributed by atoms with Gasteiger partial charge in [0, 0.05) is 27.0 Å². The molecule has 2 N–H and O–H groups in total. The van der Waals surface area contributed by atoms with Crippen LogP contribution in [0, 0.1) is 5.92 Å². The predicted molar refractivity (Wildman–Crippen MR) is 131 cm³/mol. The summed E-state index contributed by atoms with van der Waals surface area (Å²) in [6, 6.07) is 21.7. The lowest BCUT2D eigenvalue weighted by Gasteiger charge is -2.56. The van der Waals surface area contributed by atoms with E-state index in [9.17, 15) is 4.79 Å². The number of thiocarbonyl (C=S) groups is 1. The standard InChI is InChI=1S/C24H19Cl2N3O2S/c1-24-20(22(30)27-16-10-6-14(25)7-11-16)21(18-4-2-3-5-19(18)31-24)28-23(32)29(24)17-12-8-15(26)9-13-17/h2-13,20-21H,1H3,(H,27,30)(H,28,32). The SMILES string of the molecule is CC12Oc3ccccc3C(NC(=S)N1c1ccc(Cl)cc1)C2C(=O)Nc1ccc(Cl)cc1. The van der Waals surface area contributed by atoms with Crippen LogP contribution in [-0.4, -0.2) is 16.7 Å². The molecule has 0 saturated carbocycles. The molecule has 3 atom stereocenters. The van der Waals surface area contributed by atoms with Crippen LogP contribution in [0.4, 0.5) is 11.4 Å². The van der Waals surface area contributed by atoms with Gasteiger partial charge in [-0.1, -0.05) is 41.4 Å². The number of rotatable bonds is 3. The van der Waals surface area contributed by atoms with Gasteiger partial charge in [0.05, 0.1) is 6.04 Å². The Morgan fingerprint density at radius 3 is 2.34 bits per heavy atom. The maximum absolute atomic E-state index is 13.7. The lowest BCUT2D eigenvalue weighted by atomic mass is 9.78. The molecule has 0 spiro atoms. The fourth-order valence-electron chi connectivity index (χ4n) is 4.46. The average molecular weight is 484 g/mol. The van der Waals surface area contributed by atoms with Crippen LogP contribution >= 0.6 is 35.4 Å². The summed E-state index contributed by atoms with van der Waals surface area (Å²) in [5.41, 5.74) is 1.24. The van der Waals surface area contributed by atoms with Crippen molar-refractivity contribution < 1.29 is 9.53 Å². The van der Waals surface area contributed by atoms with E-state index in [-0.39, 0.29) is 11.9 Å². The van der Waals surface area contributed by atoms with Gasteiger partial charge in [-0.05, 0) is 73.7 Å². The molecule has 1 amide bonds. The number of amides is 1. The summed E-state index contributed by atoms with van der Waals surface area (Å²) in [5, 5.41) is 8.08. The van der Waals surface area contributed by atoms with Gasteiger partial charge in [0.2, 0.25) is 5.91 Å². The number of hydrogen-bond donors (Lipinski definition) is 2. The molecule has 2 heterocycles. The minimum absolute atomic E-state index is 0.191. The normalized spacial score (nSPS) is 23.6. The molecule has 1 saturated heterocycles. The predicted octanol–water partition coefficient (Wildman–Crippen LogP) is 5.79.